The van der Waals surface area contributed by atoms with Gasteiger partial charge in [-0.05, 0) is 6.07 Å². The first kappa shape index (κ1) is 9.72. The van der Waals surface area contributed by atoms with Crippen LogP contribution in [0.1, 0.15) is 16.3 Å². The van der Waals surface area contributed by atoms with E-state index < -0.39 is 0 Å². The Morgan fingerprint density at radius 1 is 1.33 bits per heavy atom. The second-order valence-electron chi connectivity index (χ2n) is 2.72. The van der Waals surface area contributed by atoms with E-state index in [1.54, 1.807) is 29.4 Å². The summed E-state index contributed by atoms with van der Waals surface area (Å²) < 4.78 is 0. The van der Waals surface area contributed by atoms with E-state index in [4.69, 9.17) is 0 Å². The van der Waals surface area contributed by atoms with E-state index in [0.29, 0.717) is 18.1 Å². The summed E-state index contributed by atoms with van der Waals surface area (Å²) in [5.74, 6) is 0.379. The molecule has 0 radical (unpaired) electrons. The van der Waals surface area contributed by atoms with Crippen LogP contribution in [0.25, 0.3) is 0 Å². The molecule has 2 aromatic heterocycles. The zero-order chi connectivity index (χ0) is 10.5. The first-order valence-corrected chi connectivity index (χ1v) is 5.23. The molecule has 0 atom stereocenters. The summed E-state index contributed by atoms with van der Waals surface area (Å²) in [4.78, 5) is 23.3. The molecule has 0 fully saturated rings. The Labute approximate surface area is 90.2 Å². The smallest absolute Gasteiger partial charge is 0.271 e. The van der Waals surface area contributed by atoms with Gasteiger partial charge >= 0.3 is 0 Å². The van der Waals surface area contributed by atoms with Gasteiger partial charge in [0, 0.05) is 17.8 Å². The molecule has 0 aromatic carbocycles. The summed E-state index contributed by atoms with van der Waals surface area (Å²) >= 11 is 1.39. The lowest BCUT2D eigenvalue weighted by molar-refractivity contribution is 0.0945. The van der Waals surface area contributed by atoms with Crippen LogP contribution in [0.2, 0.25) is 0 Å². The molecule has 0 saturated carbocycles. The van der Waals surface area contributed by atoms with Crippen molar-refractivity contribution in [2.75, 3.05) is 0 Å². The standard InChI is InChI=1S/C9H8N4OS/c14-9(7-5-15-6-13-7)12-4-8-10-2-1-3-11-8/h1-3,5-6H,4H2,(H,12,14). The summed E-state index contributed by atoms with van der Waals surface area (Å²) in [6.45, 7) is 0.317. The Bertz CT molecular complexity index is 429. The summed E-state index contributed by atoms with van der Waals surface area (Å²) in [5.41, 5.74) is 2.05. The Balaban J connectivity index is 1.92. The number of hydrogen-bond acceptors (Lipinski definition) is 5. The van der Waals surface area contributed by atoms with Gasteiger partial charge in [0.25, 0.3) is 5.91 Å². The molecule has 2 heterocycles. The van der Waals surface area contributed by atoms with Crippen molar-refractivity contribution in [1.82, 2.24) is 20.3 Å². The highest BCUT2D eigenvalue weighted by molar-refractivity contribution is 7.07. The summed E-state index contributed by atoms with van der Waals surface area (Å²) in [6, 6.07) is 1.73. The van der Waals surface area contributed by atoms with Crippen LogP contribution in [0, 0.1) is 0 Å². The Kier molecular flexibility index (Phi) is 2.99. The van der Waals surface area contributed by atoms with Crippen molar-refractivity contribution in [2.24, 2.45) is 0 Å². The van der Waals surface area contributed by atoms with E-state index in [-0.39, 0.29) is 5.91 Å². The number of nitrogens with one attached hydrogen (secondary N) is 1. The molecule has 76 valence electrons. The maximum Gasteiger partial charge on any atom is 0.271 e. The molecular weight excluding hydrogens is 212 g/mol. The monoisotopic (exact) mass is 220 g/mol. The Morgan fingerprint density at radius 2 is 2.13 bits per heavy atom. The topological polar surface area (TPSA) is 67.8 Å². The first-order chi connectivity index (χ1) is 7.36. The molecule has 0 aliphatic carbocycles. The largest absolute Gasteiger partial charge is 0.343 e. The molecule has 0 aliphatic heterocycles. The van der Waals surface area contributed by atoms with Crippen LogP contribution in [0.5, 0.6) is 0 Å². The van der Waals surface area contributed by atoms with Crippen molar-refractivity contribution >= 4 is 17.2 Å². The quantitative estimate of drug-likeness (QED) is 0.833. The lowest BCUT2D eigenvalue weighted by Gasteiger charge is -2.00. The van der Waals surface area contributed by atoms with Gasteiger partial charge < -0.3 is 5.32 Å². The minimum atomic E-state index is -0.205. The third-order valence-electron chi connectivity index (χ3n) is 1.69. The molecule has 2 aromatic rings. The van der Waals surface area contributed by atoms with E-state index in [0.717, 1.165) is 0 Å². The van der Waals surface area contributed by atoms with Crippen molar-refractivity contribution in [2.45, 2.75) is 6.54 Å². The number of carbonyl (C=O) groups is 1. The number of carbonyl (C=O) groups excluding carboxylic acids is 1. The number of hydrogen-bond donors (Lipinski definition) is 1. The number of aromatic nitrogens is 3. The van der Waals surface area contributed by atoms with Gasteiger partial charge in [-0.3, -0.25) is 4.79 Å². The fourth-order valence-electron chi connectivity index (χ4n) is 0.996. The third kappa shape index (κ3) is 2.57. The van der Waals surface area contributed by atoms with E-state index in [9.17, 15) is 4.79 Å². The molecule has 0 saturated heterocycles. The number of rotatable bonds is 3. The Morgan fingerprint density at radius 3 is 2.80 bits per heavy atom. The molecule has 0 aliphatic rings. The molecule has 0 unspecified atom stereocenters. The highest BCUT2D eigenvalue weighted by Gasteiger charge is 2.06. The molecular formula is C9H8N4OS. The minimum Gasteiger partial charge on any atom is -0.343 e. The van der Waals surface area contributed by atoms with Crippen LogP contribution in [0.4, 0.5) is 0 Å². The Hall–Kier alpha value is -1.82. The van der Waals surface area contributed by atoms with E-state index in [1.165, 1.54) is 11.3 Å². The molecule has 2 rings (SSSR count). The van der Waals surface area contributed by atoms with E-state index in [1.807, 2.05) is 0 Å². The average molecular weight is 220 g/mol. The molecule has 5 nitrogen and oxygen atoms in total. The fraction of sp³-hybridized carbons (Fsp3) is 0.111. The SMILES string of the molecule is O=C(NCc1ncccn1)c1cscn1. The van der Waals surface area contributed by atoms with Gasteiger partial charge in [-0.2, -0.15) is 0 Å². The molecule has 6 heteroatoms. The van der Waals surface area contributed by atoms with Crippen LogP contribution < -0.4 is 5.32 Å². The van der Waals surface area contributed by atoms with Crippen molar-refractivity contribution in [3.05, 3.63) is 40.9 Å². The van der Waals surface area contributed by atoms with Crippen molar-refractivity contribution < 1.29 is 4.79 Å². The van der Waals surface area contributed by atoms with Gasteiger partial charge in [-0.1, -0.05) is 0 Å². The lowest BCUT2D eigenvalue weighted by atomic mass is 10.4. The number of amides is 1. The van der Waals surface area contributed by atoms with Gasteiger partial charge in [0.05, 0.1) is 12.1 Å². The molecule has 1 N–H and O–H groups in total. The minimum absolute atomic E-state index is 0.205. The second-order valence-corrected chi connectivity index (χ2v) is 3.44. The van der Waals surface area contributed by atoms with Crippen molar-refractivity contribution in [3.8, 4) is 0 Å². The second kappa shape index (κ2) is 4.61. The van der Waals surface area contributed by atoms with Gasteiger partial charge in [0.1, 0.15) is 11.5 Å². The van der Waals surface area contributed by atoms with Crippen molar-refractivity contribution in [3.63, 3.8) is 0 Å². The third-order valence-corrected chi connectivity index (χ3v) is 2.28. The van der Waals surface area contributed by atoms with E-state index in [2.05, 4.69) is 20.3 Å². The van der Waals surface area contributed by atoms with Gasteiger partial charge in [-0.15, -0.1) is 11.3 Å². The first-order valence-electron chi connectivity index (χ1n) is 4.28. The maximum absolute atomic E-state index is 11.5. The van der Waals surface area contributed by atoms with Gasteiger partial charge in [0.15, 0.2) is 0 Å². The van der Waals surface area contributed by atoms with Crippen LogP contribution in [0.15, 0.2) is 29.4 Å². The van der Waals surface area contributed by atoms with Gasteiger partial charge in [0.2, 0.25) is 0 Å². The highest BCUT2D eigenvalue weighted by Crippen LogP contribution is 2.00. The predicted octanol–water partition coefficient (Wildman–Crippen LogP) is 0.863. The average Bonchev–Trinajstić information content (AvgIpc) is 2.81. The fourth-order valence-corrected chi connectivity index (χ4v) is 1.53. The lowest BCUT2D eigenvalue weighted by Crippen LogP contribution is -2.24. The highest BCUT2D eigenvalue weighted by atomic mass is 32.1. The van der Waals surface area contributed by atoms with Crippen LogP contribution >= 0.6 is 11.3 Å². The predicted molar refractivity (Wildman–Crippen MR) is 55.3 cm³/mol. The molecule has 1 amide bonds. The zero-order valence-corrected chi connectivity index (χ0v) is 8.57. The summed E-state index contributed by atoms with van der Waals surface area (Å²) in [7, 11) is 0. The van der Waals surface area contributed by atoms with Crippen LogP contribution in [-0.2, 0) is 6.54 Å². The normalized spacial score (nSPS) is 9.87. The van der Waals surface area contributed by atoms with Crippen molar-refractivity contribution in [1.29, 1.82) is 0 Å². The molecule has 0 spiro atoms. The summed E-state index contributed by atoms with van der Waals surface area (Å²) in [5, 5.41) is 4.38. The van der Waals surface area contributed by atoms with Crippen LogP contribution in [-0.4, -0.2) is 20.9 Å². The molecule has 0 bridgehead atoms. The van der Waals surface area contributed by atoms with E-state index >= 15 is 0 Å². The number of nitrogens with zero attached hydrogens (tertiary/aromatic N) is 3. The summed E-state index contributed by atoms with van der Waals surface area (Å²) in [6.07, 6.45) is 3.27. The molecule has 15 heavy (non-hydrogen) atoms. The zero-order valence-electron chi connectivity index (χ0n) is 7.75. The maximum atomic E-state index is 11.5. The van der Waals surface area contributed by atoms with Crippen LogP contribution in [0.3, 0.4) is 0 Å². The number of thiazole rings is 1. The van der Waals surface area contributed by atoms with Gasteiger partial charge in [-0.25, -0.2) is 15.0 Å².